The van der Waals surface area contributed by atoms with E-state index < -0.39 is 0 Å². The number of aryl methyl sites for hydroxylation is 1. The number of nitrogens with one attached hydrogen (secondary N) is 1. The average Bonchev–Trinajstić information content (AvgIpc) is 2.94. The third-order valence-corrected chi connectivity index (χ3v) is 4.24. The SMILES string of the molecule is Cc1cc(C(=O)NCc2csc(C(C)C)n2)ns1. The largest absolute Gasteiger partial charge is 0.345 e. The summed E-state index contributed by atoms with van der Waals surface area (Å²) in [5, 5.41) is 5.92. The summed E-state index contributed by atoms with van der Waals surface area (Å²) in [5.74, 6) is 0.291. The Hall–Kier alpha value is -1.27. The molecule has 0 aliphatic heterocycles. The van der Waals surface area contributed by atoms with Crippen LogP contribution in [0.5, 0.6) is 0 Å². The summed E-state index contributed by atoms with van der Waals surface area (Å²) in [5.41, 5.74) is 1.39. The quantitative estimate of drug-likeness (QED) is 0.937. The predicted octanol–water partition coefficient (Wildman–Crippen LogP) is 2.96. The molecule has 1 amide bonds. The van der Waals surface area contributed by atoms with Gasteiger partial charge in [-0.05, 0) is 24.5 Å². The van der Waals surface area contributed by atoms with Crippen molar-refractivity contribution in [1.29, 1.82) is 0 Å². The van der Waals surface area contributed by atoms with E-state index in [-0.39, 0.29) is 5.91 Å². The van der Waals surface area contributed by atoms with E-state index in [1.54, 1.807) is 17.4 Å². The second kappa shape index (κ2) is 5.58. The lowest BCUT2D eigenvalue weighted by Crippen LogP contribution is -2.23. The molecule has 2 heterocycles. The van der Waals surface area contributed by atoms with Crippen molar-refractivity contribution in [2.45, 2.75) is 33.2 Å². The maximum atomic E-state index is 11.8. The van der Waals surface area contributed by atoms with Crippen LogP contribution in [0.25, 0.3) is 0 Å². The van der Waals surface area contributed by atoms with Crippen LogP contribution < -0.4 is 5.32 Å². The van der Waals surface area contributed by atoms with Crippen molar-refractivity contribution in [3.63, 3.8) is 0 Å². The number of aromatic nitrogens is 2. The molecule has 1 N–H and O–H groups in total. The summed E-state index contributed by atoms with van der Waals surface area (Å²) in [6, 6.07) is 1.79. The van der Waals surface area contributed by atoms with E-state index in [1.807, 2.05) is 12.3 Å². The molecule has 0 aromatic carbocycles. The lowest BCUT2D eigenvalue weighted by atomic mass is 10.2. The van der Waals surface area contributed by atoms with Crippen LogP contribution in [-0.2, 0) is 6.54 Å². The van der Waals surface area contributed by atoms with Gasteiger partial charge in [-0.25, -0.2) is 4.98 Å². The molecule has 0 saturated heterocycles. The van der Waals surface area contributed by atoms with Gasteiger partial charge in [0.25, 0.3) is 5.91 Å². The van der Waals surface area contributed by atoms with Crippen LogP contribution >= 0.6 is 22.9 Å². The predicted molar refractivity (Wildman–Crippen MR) is 74.2 cm³/mol. The van der Waals surface area contributed by atoms with Gasteiger partial charge in [0.15, 0.2) is 0 Å². The minimum absolute atomic E-state index is 0.140. The molecule has 96 valence electrons. The summed E-state index contributed by atoms with van der Waals surface area (Å²) in [7, 11) is 0. The minimum Gasteiger partial charge on any atom is -0.345 e. The van der Waals surface area contributed by atoms with E-state index in [4.69, 9.17) is 0 Å². The number of hydrogen-bond acceptors (Lipinski definition) is 5. The normalized spacial score (nSPS) is 10.9. The van der Waals surface area contributed by atoms with Gasteiger partial charge in [-0.1, -0.05) is 13.8 Å². The highest BCUT2D eigenvalue weighted by Crippen LogP contribution is 2.19. The Morgan fingerprint density at radius 1 is 1.50 bits per heavy atom. The van der Waals surface area contributed by atoms with Gasteiger partial charge in [-0.15, -0.1) is 11.3 Å². The molecule has 0 fully saturated rings. The zero-order valence-electron chi connectivity index (χ0n) is 10.6. The molecule has 4 nitrogen and oxygen atoms in total. The first kappa shape index (κ1) is 13.2. The monoisotopic (exact) mass is 281 g/mol. The van der Waals surface area contributed by atoms with E-state index in [1.165, 1.54) is 11.5 Å². The van der Waals surface area contributed by atoms with Crippen molar-refractivity contribution < 1.29 is 4.79 Å². The fourth-order valence-corrected chi connectivity index (χ4v) is 2.78. The summed E-state index contributed by atoms with van der Waals surface area (Å²) in [6.07, 6.45) is 0. The Morgan fingerprint density at radius 2 is 2.28 bits per heavy atom. The number of carbonyl (C=O) groups is 1. The fraction of sp³-hybridized carbons (Fsp3) is 0.417. The van der Waals surface area contributed by atoms with Crippen molar-refractivity contribution in [3.05, 3.63) is 32.7 Å². The Kier molecular flexibility index (Phi) is 4.08. The van der Waals surface area contributed by atoms with Gasteiger partial charge in [0.1, 0.15) is 5.69 Å². The lowest BCUT2D eigenvalue weighted by Gasteiger charge is -2.00. The molecule has 2 aromatic rings. The molecular weight excluding hydrogens is 266 g/mol. The molecule has 0 radical (unpaired) electrons. The zero-order chi connectivity index (χ0) is 13.1. The van der Waals surface area contributed by atoms with Gasteiger partial charge < -0.3 is 5.32 Å². The van der Waals surface area contributed by atoms with Crippen LogP contribution in [0.15, 0.2) is 11.4 Å². The molecule has 0 spiro atoms. The molecule has 6 heteroatoms. The highest BCUT2D eigenvalue weighted by molar-refractivity contribution is 7.09. The van der Waals surface area contributed by atoms with Gasteiger partial charge in [-0.2, -0.15) is 4.37 Å². The molecule has 2 rings (SSSR count). The first-order valence-corrected chi connectivity index (χ1v) is 7.37. The average molecular weight is 281 g/mol. The number of rotatable bonds is 4. The second-order valence-corrected chi connectivity index (χ2v) is 6.24. The number of carbonyl (C=O) groups excluding carboxylic acids is 1. The van der Waals surface area contributed by atoms with Crippen molar-refractivity contribution in [3.8, 4) is 0 Å². The molecule has 0 unspecified atom stereocenters. The maximum absolute atomic E-state index is 11.8. The summed E-state index contributed by atoms with van der Waals surface area (Å²) in [4.78, 5) is 17.3. The molecule has 0 saturated carbocycles. The zero-order valence-corrected chi connectivity index (χ0v) is 12.2. The van der Waals surface area contributed by atoms with Gasteiger partial charge in [0.2, 0.25) is 0 Å². The molecule has 0 atom stereocenters. The van der Waals surface area contributed by atoms with E-state index in [0.717, 1.165) is 15.6 Å². The summed E-state index contributed by atoms with van der Waals surface area (Å²) in [6.45, 7) is 6.61. The number of amides is 1. The smallest absolute Gasteiger partial charge is 0.271 e. The van der Waals surface area contributed by atoms with Crippen molar-refractivity contribution in [2.24, 2.45) is 0 Å². The summed E-state index contributed by atoms with van der Waals surface area (Å²) >= 11 is 2.97. The van der Waals surface area contributed by atoms with E-state index in [9.17, 15) is 4.79 Å². The van der Waals surface area contributed by atoms with Crippen LogP contribution in [0.3, 0.4) is 0 Å². The van der Waals surface area contributed by atoms with Crippen molar-refractivity contribution >= 4 is 28.8 Å². The van der Waals surface area contributed by atoms with Gasteiger partial charge >= 0.3 is 0 Å². The number of hydrogen-bond donors (Lipinski definition) is 1. The van der Waals surface area contributed by atoms with E-state index in [2.05, 4.69) is 28.5 Å². The maximum Gasteiger partial charge on any atom is 0.271 e. The van der Waals surface area contributed by atoms with Gasteiger partial charge in [0.05, 0.1) is 17.2 Å². The molecule has 0 aliphatic carbocycles. The van der Waals surface area contributed by atoms with E-state index in [0.29, 0.717) is 18.2 Å². The fourth-order valence-electron chi connectivity index (χ4n) is 1.40. The highest BCUT2D eigenvalue weighted by atomic mass is 32.1. The number of nitrogens with zero attached hydrogens (tertiary/aromatic N) is 2. The van der Waals surface area contributed by atoms with Crippen LogP contribution in [0.1, 0.15) is 45.8 Å². The standard InChI is InChI=1S/C12H15N3OS2/c1-7(2)12-14-9(6-17-12)5-13-11(16)10-4-8(3)18-15-10/h4,6-7H,5H2,1-3H3,(H,13,16). The van der Waals surface area contributed by atoms with Crippen LogP contribution in [0.2, 0.25) is 0 Å². The van der Waals surface area contributed by atoms with Crippen molar-refractivity contribution in [2.75, 3.05) is 0 Å². The first-order chi connectivity index (χ1) is 8.56. The Labute approximate surface area is 114 Å². The lowest BCUT2D eigenvalue weighted by molar-refractivity contribution is 0.0946. The van der Waals surface area contributed by atoms with Crippen molar-refractivity contribution in [1.82, 2.24) is 14.7 Å². The Morgan fingerprint density at radius 3 is 2.83 bits per heavy atom. The molecule has 18 heavy (non-hydrogen) atoms. The molecule has 2 aromatic heterocycles. The topological polar surface area (TPSA) is 54.9 Å². The highest BCUT2D eigenvalue weighted by Gasteiger charge is 2.10. The van der Waals surface area contributed by atoms with Crippen LogP contribution in [0.4, 0.5) is 0 Å². The van der Waals surface area contributed by atoms with Crippen LogP contribution in [0, 0.1) is 6.92 Å². The Bertz CT molecular complexity index is 545. The van der Waals surface area contributed by atoms with E-state index >= 15 is 0 Å². The molecule has 0 aliphatic rings. The summed E-state index contributed by atoms with van der Waals surface area (Å²) < 4.78 is 4.07. The molecular formula is C12H15N3OS2. The second-order valence-electron chi connectivity index (χ2n) is 4.34. The minimum atomic E-state index is -0.140. The first-order valence-electron chi connectivity index (χ1n) is 5.72. The van der Waals surface area contributed by atoms with Crippen LogP contribution in [-0.4, -0.2) is 15.3 Å². The van der Waals surface area contributed by atoms with Gasteiger partial charge in [0, 0.05) is 16.2 Å². The molecule has 0 bridgehead atoms. The third kappa shape index (κ3) is 3.14. The number of thiazole rings is 1. The van der Waals surface area contributed by atoms with Gasteiger partial charge in [-0.3, -0.25) is 4.79 Å². The third-order valence-electron chi connectivity index (χ3n) is 2.35. The Balaban J connectivity index is 1.93.